The van der Waals surface area contributed by atoms with Crippen LogP contribution in [0, 0.1) is 0 Å². The molecule has 1 atom stereocenters. The Bertz CT molecular complexity index is 1060. The van der Waals surface area contributed by atoms with Gasteiger partial charge >= 0.3 is 0 Å². The fourth-order valence-corrected chi connectivity index (χ4v) is 5.41. The minimum absolute atomic E-state index is 0.130. The largest absolute Gasteiger partial charge is 0.379 e. The van der Waals surface area contributed by atoms with Crippen molar-refractivity contribution in [1.82, 2.24) is 19.4 Å². The van der Waals surface area contributed by atoms with Crippen molar-refractivity contribution in [2.75, 3.05) is 32.8 Å². The number of carbonyl (C=O) groups is 2. The van der Waals surface area contributed by atoms with E-state index < -0.39 is 15.9 Å². The lowest BCUT2D eigenvalue weighted by molar-refractivity contribution is 0.0606. The molecule has 0 unspecified atom stereocenters. The molecule has 4 rings (SSSR count). The van der Waals surface area contributed by atoms with Gasteiger partial charge in [-0.1, -0.05) is 0 Å². The average molecular weight is 448 g/mol. The lowest BCUT2D eigenvalue weighted by Crippen LogP contribution is -2.40. The number of nitrogens with zero attached hydrogens (tertiary/aromatic N) is 3. The SMILES string of the molecule is NC(=O)c1cc([C@H]2CCCCN2C(=O)c2ccc(S(=O)(=O)N3CCOCC3)cc2)[nH]n1. The third-order valence-corrected chi connectivity index (χ3v) is 7.59. The molecule has 10 nitrogen and oxygen atoms in total. The summed E-state index contributed by atoms with van der Waals surface area (Å²) in [6.45, 7) is 1.93. The topological polar surface area (TPSA) is 139 Å². The molecule has 2 saturated heterocycles. The van der Waals surface area contributed by atoms with E-state index in [1.54, 1.807) is 23.1 Å². The highest BCUT2D eigenvalue weighted by Gasteiger charge is 2.31. The van der Waals surface area contributed by atoms with Gasteiger partial charge in [0.2, 0.25) is 10.0 Å². The van der Waals surface area contributed by atoms with E-state index in [1.807, 2.05) is 0 Å². The van der Waals surface area contributed by atoms with Crippen molar-refractivity contribution in [1.29, 1.82) is 0 Å². The summed E-state index contributed by atoms with van der Waals surface area (Å²) in [6, 6.07) is 7.36. The zero-order chi connectivity index (χ0) is 22.0. The number of morpholine rings is 1. The summed E-state index contributed by atoms with van der Waals surface area (Å²) >= 11 is 0. The first-order chi connectivity index (χ1) is 14.9. The number of ether oxygens (including phenoxy) is 1. The van der Waals surface area contributed by atoms with E-state index in [2.05, 4.69) is 10.2 Å². The highest BCUT2D eigenvalue weighted by Crippen LogP contribution is 2.31. The number of likely N-dealkylation sites (tertiary alicyclic amines) is 1. The highest BCUT2D eigenvalue weighted by molar-refractivity contribution is 7.89. The van der Waals surface area contributed by atoms with Crippen molar-refractivity contribution < 1.29 is 22.7 Å². The standard InChI is InChI=1S/C20H25N5O5S/c21-19(26)17-13-16(22-23-17)18-3-1-2-8-25(18)20(27)14-4-6-15(7-5-14)31(28,29)24-9-11-30-12-10-24/h4-7,13,18H,1-3,8-12H2,(H2,21,26)(H,22,23)/t18-/m1/s1. The summed E-state index contributed by atoms with van der Waals surface area (Å²) in [5.41, 5.74) is 6.48. The number of aromatic nitrogens is 2. The maximum Gasteiger partial charge on any atom is 0.269 e. The number of hydrogen-bond acceptors (Lipinski definition) is 6. The third-order valence-electron chi connectivity index (χ3n) is 5.68. The van der Waals surface area contributed by atoms with Crippen LogP contribution in [0.3, 0.4) is 0 Å². The number of H-pyrrole nitrogens is 1. The number of sulfonamides is 1. The monoisotopic (exact) mass is 447 g/mol. The van der Waals surface area contributed by atoms with E-state index in [4.69, 9.17) is 10.5 Å². The first kappa shape index (κ1) is 21.5. The molecule has 0 spiro atoms. The van der Waals surface area contributed by atoms with Crippen molar-refractivity contribution in [3.05, 3.63) is 47.3 Å². The van der Waals surface area contributed by atoms with Gasteiger partial charge < -0.3 is 15.4 Å². The molecule has 2 aliphatic heterocycles. The van der Waals surface area contributed by atoms with E-state index in [9.17, 15) is 18.0 Å². The maximum absolute atomic E-state index is 13.2. The summed E-state index contributed by atoms with van der Waals surface area (Å²) in [6.07, 6.45) is 2.54. The van der Waals surface area contributed by atoms with Gasteiger partial charge in [-0.15, -0.1) is 0 Å². The Morgan fingerprint density at radius 2 is 1.81 bits per heavy atom. The first-order valence-electron chi connectivity index (χ1n) is 10.2. The minimum Gasteiger partial charge on any atom is -0.379 e. The summed E-state index contributed by atoms with van der Waals surface area (Å²) in [4.78, 5) is 26.5. The fraction of sp³-hybridized carbons (Fsp3) is 0.450. The van der Waals surface area contributed by atoms with Gasteiger partial charge in [-0.3, -0.25) is 14.7 Å². The van der Waals surface area contributed by atoms with Gasteiger partial charge in [0.05, 0.1) is 29.8 Å². The number of benzene rings is 1. The Hall–Kier alpha value is -2.76. The van der Waals surface area contributed by atoms with Crippen molar-refractivity contribution in [3.63, 3.8) is 0 Å². The van der Waals surface area contributed by atoms with Crippen molar-refractivity contribution in [3.8, 4) is 0 Å². The van der Waals surface area contributed by atoms with Crippen LogP contribution < -0.4 is 5.73 Å². The second-order valence-electron chi connectivity index (χ2n) is 7.62. The number of carbonyl (C=O) groups excluding carboxylic acids is 2. The van der Waals surface area contributed by atoms with Crippen LogP contribution in [0.1, 0.15) is 51.8 Å². The number of piperidine rings is 1. The van der Waals surface area contributed by atoms with Crippen LogP contribution in [0.15, 0.2) is 35.2 Å². The van der Waals surface area contributed by atoms with E-state index in [-0.39, 0.29) is 22.5 Å². The lowest BCUT2D eigenvalue weighted by Gasteiger charge is -2.35. The number of rotatable bonds is 5. The van der Waals surface area contributed by atoms with Crippen LogP contribution in [0.5, 0.6) is 0 Å². The number of nitrogens with one attached hydrogen (secondary N) is 1. The van der Waals surface area contributed by atoms with Crippen LogP contribution in [0.4, 0.5) is 0 Å². The lowest BCUT2D eigenvalue weighted by atomic mass is 9.98. The molecule has 2 aliphatic rings. The molecule has 0 aliphatic carbocycles. The fourth-order valence-electron chi connectivity index (χ4n) is 4.00. The Balaban J connectivity index is 1.54. The summed E-state index contributed by atoms with van der Waals surface area (Å²) in [5, 5.41) is 6.74. The zero-order valence-electron chi connectivity index (χ0n) is 17.0. The average Bonchev–Trinajstić information content (AvgIpc) is 3.30. The smallest absolute Gasteiger partial charge is 0.269 e. The van der Waals surface area contributed by atoms with Crippen LogP contribution in [0.2, 0.25) is 0 Å². The van der Waals surface area contributed by atoms with Crippen molar-refractivity contribution in [2.24, 2.45) is 5.73 Å². The molecule has 0 bridgehead atoms. The zero-order valence-corrected chi connectivity index (χ0v) is 17.8. The van der Waals surface area contributed by atoms with Gasteiger partial charge in [0.15, 0.2) is 0 Å². The Morgan fingerprint density at radius 3 is 2.45 bits per heavy atom. The Kier molecular flexibility index (Phi) is 6.08. The maximum atomic E-state index is 13.2. The normalized spacial score (nSPS) is 20.5. The number of aromatic amines is 1. The number of primary amides is 1. The molecule has 3 N–H and O–H groups in total. The third kappa shape index (κ3) is 4.34. The Morgan fingerprint density at radius 1 is 1.10 bits per heavy atom. The second kappa shape index (κ2) is 8.77. The molecule has 11 heteroatoms. The van der Waals surface area contributed by atoms with Gasteiger partial charge in [-0.2, -0.15) is 9.40 Å². The molecular weight excluding hydrogens is 422 g/mol. The molecule has 3 heterocycles. The molecule has 2 amide bonds. The number of amides is 2. The van der Waals surface area contributed by atoms with Gasteiger partial charge in [-0.25, -0.2) is 8.42 Å². The van der Waals surface area contributed by atoms with Crippen LogP contribution in [0.25, 0.3) is 0 Å². The van der Waals surface area contributed by atoms with Gasteiger partial charge in [0.25, 0.3) is 11.8 Å². The first-order valence-corrected chi connectivity index (χ1v) is 11.7. The van der Waals surface area contributed by atoms with Crippen molar-refractivity contribution in [2.45, 2.75) is 30.2 Å². The molecule has 2 fully saturated rings. The molecule has 0 saturated carbocycles. The van der Waals surface area contributed by atoms with E-state index in [0.717, 1.165) is 19.3 Å². The number of nitrogens with two attached hydrogens (primary N) is 1. The molecular formula is C20H25N5O5S. The highest BCUT2D eigenvalue weighted by atomic mass is 32.2. The van der Waals surface area contributed by atoms with E-state index in [1.165, 1.54) is 16.4 Å². The molecule has 0 radical (unpaired) electrons. The van der Waals surface area contributed by atoms with Crippen LogP contribution in [-0.2, 0) is 14.8 Å². The molecule has 2 aromatic rings. The molecule has 1 aromatic heterocycles. The van der Waals surface area contributed by atoms with Gasteiger partial charge in [0, 0.05) is 25.2 Å². The predicted octanol–water partition coefficient (Wildman–Crippen LogP) is 0.897. The van der Waals surface area contributed by atoms with Gasteiger partial charge in [0.1, 0.15) is 5.69 Å². The van der Waals surface area contributed by atoms with E-state index >= 15 is 0 Å². The quantitative estimate of drug-likeness (QED) is 0.698. The second-order valence-corrected chi connectivity index (χ2v) is 9.56. The Labute approximate surface area is 180 Å². The summed E-state index contributed by atoms with van der Waals surface area (Å²) in [7, 11) is -3.62. The van der Waals surface area contributed by atoms with Crippen LogP contribution >= 0.6 is 0 Å². The minimum atomic E-state index is -3.62. The number of hydrogen-bond donors (Lipinski definition) is 2. The summed E-state index contributed by atoms with van der Waals surface area (Å²) < 4.78 is 32.2. The molecule has 1 aromatic carbocycles. The predicted molar refractivity (Wildman–Crippen MR) is 111 cm³/mol. The van der Waals surface area contributed by atoms with Crippen LogP contribution in [-0.4, -0.2) is 72.5 Å². The molecule has 31 heavy (non-hydrogen) atoms. The van der Waals surface area contributed by atoms with Crippen molar-refractivity contribution >= 4 is 21.8 Å². The van der Waals surface area contributed by atoms with E-state index in [0.29, 0.717) is 44.1 Å². The summed E-state index contributed by atoms with van der Waals surface area (Å²) in [5.74, 6) is -0.830. The van der Waals surface area contributed by atoms with Gasteiger partial charge in [-0.05, 0) is 49.6 Å². The molecule has 166 valence electrons.